The topological polar surface area (TPSA) is 74.8 Å². The molecule has 5 heteroatoms. The van der Waals surface area contributed by atoms with Crippen LogP contribution < -0.4 is 0 Å². The summed E-state index contributed by atoms with van der Waals surface area (Å²) in [5.41, 5.74) is 0. The van der Waals surface area contributed by atoms with Gasteiger partial charge in [-0.3, -0.25) is 0 Å². The summed E-state index contributed by atoms with van der Waals surface area (Å²) in [4.78, 5) is 0. The molecule has 0 radical (unpaired) electrons. The van der Waals surface area contributed by atoms with Crippen LogP contribution in [0.25, 0.3) is 0 Å². The molecule has 4 atom stereocenters. The molecule has 0 aromatic heterocycles. The highest BCUT2D eigenvalue weighted by molar-refractivity contribution is 4.86. The summed E-state index contributed by atoms with van der Waals surface area (Å²) in [7, 11) is 0. The predicted octanol–water partition coefficient (Wildman–Crippen LogP) is -1.09. The molecule has 2 N–H and O–H groups in total. The molecule has 0 aromatic carbocycles. The van der Waals surface area contributed by atoms with E-state index in [2.05, 4.69) is 0 Å². The fourth-order valence-electron chi connectivity index (χ4n) is 1.36. The van der Waals surface area contributed by atoms with E-state index in [9.17, 15) is 0 Å². The molecule has 0 amide bonds. The Morgan fingerprint density at radius 3 is 2.79 bits per heavy atom. The van der Waals surface area contributed by atoms with Crippen LogP contribution in [0, 0.1) is 0 Å². The summed E-state index contributed by atoms with van der Waals surface area (Å²) in [5, 5.41) is 17.7. The summed E-state index contributed by atoms with van der Waals surface area (Å²) in [6.45, 7) is 1.79. The Morgan fingerprint density at radius 2 is 2.14 bits per heavy atom. The normalized spacial score (nSPS) is 36.9. The van der Waals surface area contributed by atoms with Gasteiger partial charge in [-0.15, -0.1) is 0 Å². The van der Waals surface area contributed by atoms with Crippen LogP contribution in [0.4, 0.5) is 0 Å². The van der Waals surface area contributed by atoms with Crippen LogP contribution in [0.2, 0.25) is 0 Å². The maximum atomic E-state index is 9.12. The van der Waals surface area contributed by atoms with Crippen LogP contribution in [0.15, 0.2) is 0 Å². The van der Waals surface area contributed by atoms with Crippen molar-refractivity contribution in [3.05, 3.63) is 0 Å². The molecule has 2 saturated heterocycles. The van der Waals surface area contributed by atoms with Crippen LogP contribution in [-0.2, 0) is 14.2 Å². The Balaban J connectivity index is 1.48. The maximum Gasteiger partial charge on any atom is 0.108 e. The molecule has 2 aliphatic heterocycles. The summed E-state index contributed by atoms with van der Waals surface area (Å²) >= 11 is 0. The first kappa shape index (κ1) is 10.3. The van der Waals surface area contributed by atoms with E-state index in [1.54, 1.807) is 0 Å². The molecular formula is C9H16O5. The lowest BCUT2D eigenvalue weighted by Crippen LogP contribution is -2.17. The first-order valence-electron chi connectivity index (χ1n) is 4.93. The van der Waals surface area contributed by atoms with E-state index in [1.165, 1.54) is 0 Å². The third-order valence-corrected chi connectivity index (χ3v) is 2.39. The van der Waals surface area contributed by atoms with Crippen molar-refractivity contribution in [2.75, 3.05) is 26.4 Å². The monoisotopic (exact) mass is 204 g/mol. The molecule has 0 saturated carbocycles. The van der Waals surface area contributed by atoms with Crippen LogP contribution in [-0.4, -0.2) is 61.1 Å². The molecule has 14 heavy (non-hydrogen) atoms. The minimum Gasteiger partial charge on any atom is -0.394 e. The first-order chi connectivity index (χ1) is 6.79. The van der Waals surface area contributed by atoms with Crippen LogP contribution in [0.1, 0.15) is 6.42 Å². The number of aliphatic hydroxyl groups is 2. The number of aliphatic hydroxyl groups excluding tert-OH is 2. The van der Waals surface area contributed by atoms with Gasteiger partial charge in [-0.2, -0.15) is 0 Å². The van der Waals surface area contributed by atoms with Gasteiger partial charge in [0, 0.05) is 6.42 Å². The van der Waals surface area contributed by atoms with Crippen molar-refractivity contribution in [3.63, 3.8) is 0 Å². The second-order valence-electron chi connectivity index (χ2n) is 3.78. The quantitative estimate of drug-likeness (QED) is 0.515. The van der Waals surface area contributed by atoms with E-state index >= 15 is 0 Å². The van der Waals surface area contributed by atoms with E-state index in [0.717, 1.165) is 6.61 Å². The summed E-state index contributed by atoms with van der Waals surface area (Å²) in [6.07, 6.45) is 0.254. The third kappa shape index (κ3) is 3.18. The largest absolute Gasteiger partial charge is 0.394 e. The molecule has 2 fully saturated rings. The highest BCUT2D eigenvalue weighted by Crippen LogP contribution is 2.27. The van der Waals surface area contributed by atoms with Crippen molar-refractivity contribution in [2.45, 2.75) is 30.8 Å². The molecule has 4 unspecified atom stereocenters. The highest BCUT2D eigenvalue weighted by atomic mass is 16.6. The third-order valence-electron chi connectivity index (χ3n) is 2.39. The van der Waals surface area contributed by atoms with Gasteiger partial charge in [-0.25, -0.2) is 0 Å². The molecular weight excluding hydrogens is 188 g/mol. The molecule has 0 aliphatic carbocycles. The molecule has 2 aliphatic rings. The van der Waals surface area contributed by atoms with Gasteiger partial charge >= 0.3 is 0 Å². The number of rotatable bonds is 7. The Labute approximate surface area is 82.6 Å². The lowest BCUT2D eigenvalue weighted by molar-refractivity contribution is 0.0814. The average Bonchev–Trinajstić information content (AvgIpc) is 3.04. The minimum absolute atomic E-state index is 0.0530. The van der Waals surface area contributed by atoms with Crippen LogP contribution in [0.3, 0.4) is 0 Å². The van der Waals surface area contributed by atoms with Crippen LogP contribution in [0.5, 0.6) is 0 Å². The van der Waals surface area contributed by atoms with Gasteiger partial charge in [0.1, 0.15) is 12.2 Å². The molecule has 0 bridgehead atoms. The number of epoxide rings is 2. The minimum atomic E-state index is -0.670. The first-order valence-corrected chi connectivity index (χ1v) is 4.93. The zero-order valence-corrected chi connectivity index (χ0v) is 7.96. The number of hydrogen-bond donors (Lipinski definition) is 2. The Hall–Kier alpha value is -0.200. The van der Waals surface area contributed by atoms with Crippen molar-refractivity contribution >= 4 is 0 Å². The van der Waals surface area contributed by atoms with Gasteiger partial charge < -0.3 is 24.4 Å². The summed E-state index contributed by atoms with van der Waals surface area (Å²) in [6, 6.07) is 0. The fraction of sp³-hybridized carbons (Fsp3) is 1.00. The van der Waals surface area contributed by atoms with E-state index < -0.39 is 6.10 Å². The lowest BCUT2D eigenvalue weighted by atomic mass is 10.2. The molecule has 82 valence electrons. The van der Waals surface area contributed by atoms with Gasteiger partial charge in [0.05, 0.1) is 38.6 Å². The SMILES string of the molecule is OCC(O)CC1OC1COCC1CO1. The van der Waals surface area contributed by atoms with Crippen LogP contribution >= 0.6 is 0 Å². The Kier molecular flexibility index (Phi) is 3.35. The van der Waals surface area contributed by atoms with Crippen molar-refractivity contribution < 1.29 is 24.4 Å². The second-order valence-corrected chi connectivity index (χ2v) is 3.78. The van der Waals surface area contributed by atoms with Crippen molar-refractivity contribution in [1.29, 1.82) is 0 Å². The molecule has 0 aromatic rings. The van der Waals surface area contributed by atoms with Gasteiger partial charge in [0.2, 0.25) is 0 Å². The predicted molar refractivity (Wildman–Crippen MR) is 46.9 cm³/mol. The highest BCUT2D eigenvalue weighted by Gasteiger charge is 2.40. The molecule has 5 nitrogen and oxygen atoms in total. The van der Waals surface area contributed by atoms with Gasteiger partial charge in [0.25, 0.3) is 0 Å². The maximum absolute atomic E-state index is 9.12. The number of hydrogen-bond acceptors (Lipinski definition) is 5. The molecule has 2 rings (SSSR count). The molecule has 0 spiro atoms. The van der Waals surface area contributed by atoms with E-state index in [-0.39, 0.29) is 24.9 Å². The van der Waals surface area contributed by atoms with Gasteiger partial charge in [0.15, 0.2) is 0 Å². The summed E-state index contributed by atoms with van der Waals surface area (Å²) < 4.78 is 15.6. The standard InChI is InChI=1S/C9H16O5/c10-2-6(11)1-8-9(14-8)5-12-3-7-4-13-7/h6-11H,1-5H2. The zero-order valence-electron chi connectivity index (χ0n) is 7.96. The van der Waals surface area contributed by atoms with Crippen molar-refractivity contribution in [2.24, 2.45) is 0 Å². The fourth-order valence-corrected chi connectivity index (χ4v) is 1.36. The van der Waals surface area contributed by atoms with Crippen molar-refractivity contribution in [3.8, 4) is 0 Å². The average molecular weight is 204 g/mol. The molecule has 2 heterocycles. The Morgan fingerprint density at radius 1 is 1.36 bits per heavy atom. The van der Waals surface area contributed by atoms with E-state index in [1.807, 2.05) is 0 Å². The van der Waals surface area contributed by atoms with Gasteiger partial charge in [-0.05, 0) is 0 Å². The zero-order chi connectivity index (χ0) is 9.97. The second kappa shape index (κ2) is 4.55. The van der Waals surface area contributed by atoms with E-state index in [4.69, 9.17) is 24.4 Å². The van der Waals surface area contributed by atoms with E-state index in [0.29, 0.717) is 19.6 Å². The van der Waals surface area contributed by atoms with Crippen molar-refractivity contribution in [1.82, 2.24) is 0 Å². The smallest absolute Gasteiger partial charge is 0.108 e. The lowest BCUT2D eigenvalue weighted by Gasteiger charge is -2.03. The Bertz CT molecular complexity index is 182. The summed E-state index contributed by atoms with van der Waals surface area (Å²) in [5.74, 6) is 0. The number of ether oxygens (including phenoxy) is 3. The van der Waals surface area contributed by atoms with Gasteiger partial charge in [-0.1, -0.05) is 0 Å².